The minimum atomic E-state index is -0.442. The summed E-state index contributed by atoms with van der Waals surface area (Å²) in [4.78, 5) is 4.52. The minimum Gasteiger partial charge on any atom is -0.381 e. The number of hydrogen-bond donors (Lipinski definition) is 1. The van der Waals surface area contributed by atoms with Crippen molar-refractivity contribution in [1.29, 1.82) is 0 Å². The Morgan fingerprint density at radius 1 is 1.35 bits per heavy atom. The second kappa shape index (κ2) is 7.15. The van der Waals surface area contributed by atoms with E-state index in [1.54, 1.807) is 7.11 Å². The highest BCUT2D eigenvalue weighted by Gasteiger charge is 2.39. The van der Waals surface area contributed by atoms with Gasteiger partial charge in [-0.2, -0.15) is 4.98 Å². The summed E-state index contributed by atoms with van der Waals surface area (Å²) in [5.74, 6) is 1.92. The van der Waals surface area contributed by atoms with Gasteiger partial charge in [-0.1, -0.05) is 12.1 Å². The summed E-state index contributed by atoms with van der Waals surface area (Å²) in [6, 6.07) is 0. The molecule has 1 aliphatic heterocycles. The number of nitrogens with zero attached hydrogens (tertiary/aromatic N) is 2. The normalized spacial score (nSPS) is 19.9. The molecule has 20 heavy (non-hydrogen) atoms. The van der Waals surface area contributed by atoms with Crippen LogP contribution in [0.5, 0.6) is 0 Å². The fourth-order valence-electron chi connectivity index (χ4n) is 2.56. The molecule has 0 amide bonds. The molecule has 0 aliphatic carbocycles. The van der Waals surface area contributed by atoms with Crippen LogP contribution in [0.25, 0.3) is 0 Å². The second-order valence-electron chi connectivity index (χ2n) is 5.54. The number of hydrogen-bond acceptors (Lipinski definition) is 6. The lowest BCUT2D eigenvalue weighted by atomic mass is 9.93. The topological polar surface area (TPSA) is 83.4 Å². The average molecular weight is 283 g/mol. The molecule has 1 atom stereocenters. The first kappa shape index (κ1) is 15.4. The van der Waals surface area contributed by atoms with Crippen LogP contribution < -0.4 is 5.73 Å². The second-order valence-corrected chi connectivity index (χ2v) is 5.54. The number of rotatable bonds is 7. The Balaban J connectivity index is 1.97. The molecule has 1 saturated heterocycles. The van der Waals surface area contributed by atoms with E-state index in [1.807, 2.05) is 0 Å². The SMILES string of the molecule is COC1(c2noc(CCC(C)CCN)n2)CCOCC1. The minimum absolute atomic E-state index is 0.442. The fourth-order valence-corrected chi connectivity index (χ4v) is 2.56. The Kier molecular flexibility index (Phi) is 5.51. The molecule has 6 nitrogen and oxygen atoms in total. The molecule has 0 aromatic carbocycles. The number of aromatic nitrogens is 2. The van der Waals surface area contributed by atoms with Crippen LogP contribution in [0.2, 0.25) is 0 Å². The van der Waals surface area contributed by atoms with Gasteiger partial charge < -0.3 is 19.7 Å². The number of ether oxygens (including phenoxy) is 2. The van der Waals surface area contributed by atoms with Crippen LogP contribution in [0.15, 0.2) is 4.52 Å². The Hall–Kier alpha value is -0.980. The van der Waals surface area contributed by atoms with Crippen molar-refractivity contribution in [3.63, 3.8) is 0 Å². The van der Waals surface area contributed by atoms with Crippen LogP contribution in [-0.2, 0) is 21.5 Å². The third-order valence-corrected chi connectivity index (χ3v) is 4.08. The molecule has 0 saturated carbocycles. The highest BCUT2D eigenvalue weighted by Crippen LogP contribution is 2.33. The lowest BCUT2D eigenvalue weighted by Gasteiger charge is -2.32. The van der Waals surface area contributed by atoms with E-state index in [4.69, 9.17) is 19.7 Å². The van der Waals surface area contributed by atoms with Gasteiger partial charge in [-0.25, -0.2) is 0 Å². The van der Waals surface area contributed by atoms with Gasteiger partial charge >= 0.3 is 0 Å². The zero-order valence-corrected chi connectivity index (χ0v) is 12.4. The molecule has 0 bridgehead atoms. The number of methoxy groups -OCH3 is 1. The molecule has 6 heteroatoms. The zero-order valence-electron chi connectivity index (χ0n) is 12.4. The van der Waals surface area contributed by atoms with E-state index in [9.17, 15) is 0 Å². The van der Waals surface area contributed by atoms with Crippen molar-refractivity contribution in [3.05, 3.63) is 11.7 Å². The molecule has 0 spiro atoms. The predicted molar refractivity (Wildman–Crippen MR) is 74.2 cm³/mol. The Morgan fingerprint density at radius 2 is 2.10 bits per heavy atom. The molecule has 1 aromatic rings. The van der Waals surface area contributed by atoms with Crippen LogP contribution in [-0.4, -0.2) is 37.0 Å². The molecular formula is C14H25N3O3. The molecule has 1 fully saturated rings. The third-order valence-electron chi connectivity index (χ3n) is 4.08. The molecule has 114 valence electrons. The smallest absolute Gasteiger partial charge is 0.226 e. The van der Waals surface area contributed by atoms with Gasteiger partial charge in [0.1, 0.15) is 5.60 Å². The van der Waals surface area contributed by atoms with E-state index in [-0.39, 0.29) is 0 Å². The van der Waals surface area contributed by atoms with Crippen LogP contribution in [0, 0.1) is 5.92 Å². The van der Waals surface area contributed by atoms with Crippen molar-refractivity contribution in [2.75, 3.05) is 26.9 Å². The Labute approximate surface area is 120 Å². The molecule has 1 aromatic heterocycles. The van der Waals surface area contributed by atoms with Gasteiger partial charge in [0, 0.05) is 39.6 Å². The summed E-state index contributed by atoms with van der Waals surface area (Å²) >= 11 is 0. The first-order chi connectivity index (χ1) is 9.70. The van der Waals surface area contributed by atoms with Crippen LogP contribution >= 0.6 is 0 Å². The largest absolute Gasteiger partial charge is 0.381 e. The van der Waals surface area contributed by atoms with E-state index in [1.165, 1.54) is 0 Å². The fraction of sp³-hybridized carbons (Fsp3) is 0.857. The van der Waals surface area contributed by atoms with Gasteiger partial charge in [-0.3, -0.25) is 0 Å². The van der Waals surface area contributed by atoms with E-state index < -0.39 is 5.60 Å². The summed E-state index contributed by atoms with van der Waals surface area (Å²) in [7, 11) is 1.70. The number of aryl methyl sites for hydroxylation is 1. The standard InChI is InChI=1S/C14H25N3O3/c1-11(5-8-15)3-4-12-16-13(17-20-12)14(18-2)6-9-19-10-7-14/h11H,3-10,15H2,1-2H3. The Morgan fingerprint density at radius 3 is 2.75 bits per heavy atom. The lowest BCUT2D eigenvalue weighted by molar-refractivity contribution is -0.101. The van der Waals surface area contributed by atoms with Crippen LogP contribution in [0.1, 0.15) is 44.3 Å². The van der Waals surface area contributed by atoms with Crippen molar-refractivity contribution in [1.82, 2.24) is 10.1 Å². The maximum absolute atomic E-state index is 5.66. The van der Waals surface area contributed by atoms with Gasteiger partial charge in [0.05, 0.1) is 0 Å². The summed E-state index contributed by atoms with van der Waals surface area (Å²) in [5.41, 5.74) is 5.11. The van der Waals surface area contributed by atoms with E-state index in [0.717, 1.165) is 38.6 Å². The maximum Gasteiger partial charge on any atom is 0.226 e. The summed E-state index contributed by atoms with van der Waals surface area (Å²) in [6.07, 6.45) is 4.38. The van der Waals surface area contributed by atoms with Crippen molar-refractivity contribution < 1.29 is 14.0 Å². The van der Waals surface area contributed by atoms with Crippen LogP contribution in [0.3, 0.4) is 0 Å². The summed E-state index contributed by atoms with van der Waals surface area (Å²) in [5, 5.41) is 4.12. The molecule has 1 unspecified atom stereocenters. The summed E-state index contributed by atoms with van der Waals surface area (Å²) < 4.78 is 16.4. The zero-order chi connectivity index (χ0) is 14.4. The molecule has 2 N–H and O–H groups in total. The monoisotopic (exact) mass is 283 g/mol. The van der Waals surface area contributed by atoms with Gasteiger partial charge in [-0.15, -0.1) is 0 Å². The predicted octanol–water partition coefficient (Wildman–Crippen LogP) is 1.64. The molecule has 2 rings (SSSR count). The third kappa shape index (κ3) is 3.56. The highest BCUT2D eigenvalue weighted by molar-refractivity contribution is 5.03. The van der Waals surface area contributed by atoms with Gasteiger partial charge in [0.25, 0.3) is 0 Å². The molecule has 2 heterocycles. The van der Waals surface area contributed by atoms with Gasteiger partial charge in [0.2, 0.25) is 11.7 Å². The van der Waals surface area contributed by atoms with Gasteiger partial charge in [-0.05, 0) is 25.3 Å². The maximum atomic E-state index is 5.66. The van der Waals surface area contributed by atoms with E-state index in [0.29, 0.717) is 30.8 Å². The van der Waals surface area contributed by atoms with Crippen LogP contribution in [0.4, 0.5) is 0 Å². The van der Waals surface area contributed by atoms with Crippen molar-refractivity contribution >= 4 is 0 Å². The molecule has 1 aliphatic rings. The average Bonchev–Trinajstić information content (AvgIpc) is 2.96. The quantitative estimate of drug-likeness (QED) is 0.819. The highest BCUT2D eigenvalue weighted by atomic mass is 16.5. The first-order valence-electron chi connectivity index (χ1n) is 7.36. The molecule has 0 radical (unpaired) electrons. The van der Waals surface area contributed by atoms with E-state index in [2.05, 4.69) is 17.1 Å². The number of nitrogens with two attached hydrogens (primary N) is 1. The van der Waals surface area contributed by atoms with E-state index >= 15 is 0 Å². The van der Waals surface area contributed by atoms with Crippen molar-refractivity contribution in [2.24, 2.45) is 11.7 Å². The summed E-state index contributed by atoms with van der Waals surface area (Å²) in [6.45, 7) is 4.26. The molecular weight excluding hydrogens is 258 g/mol. The van der Waals surface area contributed by atoms with Crippen molar-refractivity contribution in [2.45, 2.75) is 44.6 Å². The van der Waals surface area contributed by atoms with Crippen molar-refractivity contribution in [3.8, 4) is 0 Å². The lowest BCUT2D eigenvalue weighted by Crippen LogP contribution is -2.36. The first-order valence-corrected chi connectivity index (χ1v) is 7.36. The van der Waals surface area contributed by atoms with Gasteiger partial charge in [0.15, 0.2) is 0 Å². The Bertz CT molecular complexity index is 402.